The fourth-order valence-corrected chi connectivity index (χ4v) is 4.30. The molecular weight excluding hydrogens is 398 g/mol. The summed E-state index contributed by atoms with van der Waals surface area (Å²) >= 11 is 1.28. The minimum atomic E-state index is -0.736. The first-order chi connectivity index (χ1) is 14.4. The van der Waals surface area contributed by atoms with E-state index in [-0.39, 0.29) is 11.4 Å². The smallest absolute Gasteiger partial charge is 0.294 e. The number of carbonyl (C=O) groups excluding carboxylic acids is 2. The number of methoxy groups -OCH3 is 1. The normalized spacial score (nSPS) is 16.3. The Hall–Kier alpha value is -3.38. The summed E-state index contributed by atoms with van der Waals surface area (Å²) in [5.74, 6) is -0.769. The van der Waals surface area contributed by atoms with Crippen LogP contribution in [0.2, 0.25) is 0 Å². The summed E-state index contributed by atoms with van der Waals surface area (Å²) in [7, 11) is 1.58. The Bertz CT molecular complexity index is 1150. The maximum atomic E-state index is 13.3. The summed E-state index contributed by atoms with van der Waals surface area (Å²) in [5.41, 5.74) is 3.55. The Labute approximate surface area is 178 Å². The van der Waals surface area contributed by atoms with E-state index in [1.54, 1.807) is 36.8 Å². The van der Waals surface area contributed by atoms with Crippen LogP contribution in [0.3, 0.4) is 0 Å². The van der Waals surface area contributed by atoms with Gasteiger partial charge in [0.1, 0.15) is 5.75 Å². The molecule has 152 valence electrons. The first-order valence-corrected chi connectivity index (χ1v) is 10.4. The number of aryl methyl sites for hydroxylation is 2. The second kappa shape index (κ2) is 7.80. The molecule has 30 heavy (non-hydrogen) atoms. The standard InChI is InChI=1S/C24H21NO4S/c1-14-6-9-17(13-15(14)2)25-21(16-7-10-18(29-3)11-8-16)20(23(27)24(25)28)22(26)19-5-4-12-30-19/h4-13,21,27H,1-3H3. The molecule has 2 heterocycles. The van der Waals surface area contributed by atoms with E-state index in [1.807, 2.05) is 44.2 Å². The van der Waals surface area contributed by atoms with Crippen molar-refractivity contribution in [1.29, 1.82) is 0 Å². The molecule has 3 aromatic rings. The first kappa shape index (κ1) is 19.9. The number of aliphatic hydroxyl groups excluding tert-OH is 1. The average Bonchev–Trinajstić information content (AvgIpc) is 3.38. The SMILES string of the molecule is COc1ccc(C2C(C(=O)c3cccs3)=C(O)C(=O)N2c2ccc(C)c(C)c2)cc1. The van der Waals surface area contributed by atoms with Gasteiger partial charge in [-0.05, 0) is 66.2 Å². The van der Waals surface area contributed by atoms with Crippen LogP contribution >= 0.6 is 11.3 Å². The van der Waals surface area contributed by atoms with E-state index in [2.05, 4.69) is 0 Å². The van der Waals surface area contributed by atoms with Gasteiger partial charge in [-0.1, -0.05) is 24.3 Å². The highest BCUT2D eigenvalue weighted by Gasteiger charge is 2.44. The van der Waals surface area contributed by atoms with Crippen LogP contribution in [0.15, 0.2) is 71.3 Å². The van der Waals surface area contributed by atoms with Crippen LogP contribution in [-0.4, -0.2) is 23.9 Å². The summed E-state index contributed by atoms with van der Waals surface area (Å²) < 4.78 is 5.24. The van der Waals surface area contributed by atoms with E-state index in [1.165, 1.54) is 16.2 Å². The highest BCUT2D eigenvalue weighted by atomic mass is 32.1. The van der Waals surface area contributed by atoms with Crippen molar-refractivity contribution in [2.45, 2.75) is 19.9 Å². The second-order valence-corrected chi connectivity index (χ2v) is 8.14. The summed E-state index contributed by atoms with van der Waals surface area (Å²) in [6, 6.07) is 15.6. The third-order valence-electron chi connectivity index (χ3n) is 5.40. The number of ketones is 1. The van der Waals surface area contributed by atoms with Gasteiger partial charge in [-0.15, -0.1) is 11.3 Å². The van der Waals surface area contributed by atoms with Gasteiger partial charge in [0.05, 0.1) is 23.6 Å². The third kappa shape index (κ3) is 3.29. The van der Waals surface area contributed by atoms with Gasteiger partial charge in [-0.25, -0.2) is 0 Å². The van der Waals surface area contributed by atoms with Crippen LogP contribution in [0.4, 0.5) is 5.69 Å². The Balaban J connectivity index is 1.88. The largest absolute Gasteiger partial charge is 0.503 e. The summed E-state index contributed by atoms with van der Waals surface area (Å²) in [6.45, 7) is 3.96. The molecule has 0 fully saturated rings. The van der Waals surface area contributed by atoms with Gasteiger partial charge in [0.15, 0.2) is 5.76 Å². The number of thiophene rings is 1. The van der Waals surface area contributed by atoms with Crippen molar-refractivity contribution in [3.05, 3.63) is 92.9 Å². The Kier molecular flexibility index (Phi) is 5.18. The van der Waals surface area contributed by atoms with Crippen molar-refractivity contribution in [2.75, 3.05) is 12.0 Å². The van der Waals surface area contributed by atoms with Gasteiger partial charge in [0, 0.05) is 5.69 Å². The van der Waals surface area contributed by atoms with Crippen molar-refractivity contribution in [3.8, 4) is 5.75 Å². The van der Waals surface area contributed by atoms with Crippen LogP contribution in [0.1, 0.15) is 32.4 Å². The molecule has 4 rings (SSSR count). The van der Waals surface area contributed by atoms with Crippen LogP contribution in [-0.2, 0) is 4.79 Å². The Morgan fingerprint density at radius 1 is 1.07 bits per heavy atom. The molecule has 0 saturated heterocycles. The zero-order valence-electron chi connectivity index (χ0n) is 16.9. The number of hydrogen-bond donors (Lipinski definition) is 1. The quantitative estimate of drug-likeness (QED) is 0.581. The highest BCUT2D eigenvalue weighted by Crippen LogP contribution is 2.42. The lowest BCUT2D eigenvalue weighted by Crippen LogP contribution is -2.31. The molecule has 5 nitrogen and oxygen atoms in total. The van der Waals surface area contributed by atoms with Crippen molar-refractivity contribution in [2.24, 2.45) is 0 Å². The molecule has 1 atom stereocenters. The van der Waals surface area contributed by atoms with Crippen molar-refractivity contribution < 1.29 is 19.4 Å². The van der Waals surface area contributed by atoms with E-state index in [0.717, 1.165) is 11.1 Å². The molecule has 1 aliphatic rings. The van der Waals surface area contributed by atoms with E-state index < -0.39 is 17.7 Å². The number of Topliss-reactive ketones (excluding diaryl/α,β-unsaturated/α-hetero) is 1. The first-order valence-electron chi connectivity index (χ1n) is 9.48. The molecular formula is C24H21NO4S. The van der Waals surface area contributed by atoms with Crippen LogP contribution in [0, 0.1) is 13.8 Å². The predicted molar refractivity (Wildman–Crippen MR) is 117 cm³/mol. The Morgan fingerprint density at radius 3 is 2.40 bits per heavy atom. The number of ether oxygens (including phenoxy) is 1. The van der Waals surface area contributed by atoms with Crippen LogP contribution in [0.5, 0.6) is 5.75 Å². The number of benzene rings is 2. The molecule has 1 N–H and O–H groups in total. The molecule has 0 radical (unpaired) electrons. The molecule has 1 unspecified atom stereocenters. The molecule has 1 aromatic heterocycles. The summed E-state index contributed by atoms with van der Waals surface area (Å²) in [5, 5.41) is 12.6. The van der Waals surface area contributed by atoms with E-state index in [9.17, 15) is 14.7 Å². The van der Waals surface area contributed by atoms with Gasteiger partial charge in [0.25, 0.3) is 5.91 Å². The van der Waals surface area contributed by atoms with Crippen molar-refractivity contribution in [1.82, 2.24) is 0 Å². The number of anilines is 1. The molecule has 0 bridgehead atoms. The maximum Gasteiger partial charge on any atom is 0.294 e. The fourth-order valence-electron chi connectivity index (χ4n) is 3.62. The number of rotatable bonds is 5. The Morgan fingerprint density at radius 2 is 1.80 bits per heavy atom. The molecule has 6 heteroatoms. The van der Waals surface area contributed by atoms with Gasteiger partial charge < -0.3 is 9.84 Å². The monoisotopic (exact) mass is 419 g/mol. The minimum Gasteiger partial charge on any atom is -0.503 e. The molecule has 0 saturated carbocycles. The zero-order valence-corrected chi connectivity index (χ0v) is 17.7. The topological polar surface area (TPSA) is 66.8 Å². The maximum absolute atomic E-state index is 13.3. The summed E-state index contributed by atoms with van der Waals surface area (Å²) in [4.78, 5) is 28.4. The number of hydrogen-bond acceptors (Lipinski definition) is 5. The van der Waals surface area contributed by atoms with Gasteiger partial charge in [-0.2, -0.15) is 0 Å². The highest BCUT2D eigenvalue weighted by molar-refractivity contribution is 7.12. The van der Waals surface area contributed by atoms with Crippen molar-refractivity contribution in [3.63, 3.8) is 0 Å². The van der Waals surface area contributed by atoms with Gasteiger partial charge in [-0.3, -0.25) is 14.5 Å². The van der Waals surface area contributed by atoms with Gasteiger partial charge >= 0.3 is 0 Å². The third-order valence-corrected chi connectivity index (χ3v) is 6.27. The minimum absolute atomic E-state index is 0.0887. The van der Waals surface area contributed by atoms with Crippen LogP contribution in [0.25, 0.3) is 0 Å². The summed E-state index contributed by atoms with van der Waals surface area (Å²) in [6.07, 6.45) is 0. The van der Waals surface area contributed by atoms with E-state index >= 15 is 0 Å². The van der Waals surface area contributed by atoms with Gasteiger partial charge in [0.2, 0.25) is 5.78 Å². The zero-order chi connectivity index (χ0) is 21.4. The number of nitrogens with zero attached hydrogens (tertiary/aromatic N) is 1. The molecule has 2 aromatic carbocycles. The molecule has 1 aliphatic heterocycles. The molecule has 1 amide bonds. The average molecular weight is 420 g/mol. The lowest BCUT2D eigenvalue weighted by molar-refractivity contribution is -0.117. The number of amides is 1. The van der Waals surface area contributed by atoms with Crippen LogP contribution < -0.4 is 9.64 Å². The lowest BCUT2D eigenvalue weighted by Gasteiger charge is -2.27. The predicted octanol–water partition coefficient (Wildman–Crippen LogP) is 5.16. The number of carbonyl (C=O) groups is 2. The number of aliphatic hydroxyl groups is 1. The fraction of sp³-hybridized carbons (Fsp3) is 0.167. The van der Waals surface area contributed by atoms with Crippen molar-refractivity contribution >= 4 is 28.7 Å². The molecule has 0 aliphatic carbocycles. The van der Waals surface area contributed by atoms with E-state index in [0.29, 0.717) is 21.9 Å². The second-order valence-electron chi connectivity index (χ2n) is 7.19. The molecule has 0 spiro atoms. The van der Waals surface area contributed by atoms with E-state index in [4.69, 9.17) is 4.74 Å². The lowest BCUT2D eigenvalue weighted by atomic mass is 9.95.